The second-order valence-electron chi connectivity index (χ2n) is 6.76. The lowest BCUT2D eigenvalue weighted by Crippen LogP contribution is -2.51. The molecule has 25 heavy (non-hydrogen) atoms. The maximum absolute atomic E-state index is 12.7. The summed E-state index contributed by atoms with van der Waals surface area (Å²) in [5, 5.41) is 0. The van der Waals surface area contributed by atoms with E-state index in [4.69, 9.17) is 0 Å². The Hall–Kier alpha value is -2.76. The Morgan fingerprint density at radius 2 is 1.88 bits per heavy atom. The molecule has 0 bridgehead atoms. The van der Waals surface area contributed by atoms with Crippen molar-refractivity contribution in [1.29, 1.82) is 0 Å². The van der Waals surface area contributed by atoms with E-state index in [1.165, 1.54) is 5.56 Å². The van der Waals surface area contributed by atoms with Crippen molar-refractivity contribution in [3.63, 3.8) is 0 Å². The Morgan fingerprint density at radius 3 is 2.60 bits per heavy atom. The Kier molecular flexibility index (Phi) is 4.17. The van der Waals surface area contributed by atoms with Crippen LogP contribution in [0.5, 0.6) is 0 Å². The van der Waals surface area contributed by atoms with Gasteiger partial charge in [-0.2, -0.15) is 0 Å². The highest BCUT2D eigenvalue weighted by atomic mass is 16.2. The van der Waals surface area contributed by atoms with Gasteiger partial charge in [-0.05, 0) is 29.3 Å². The van der Waals surface area contributed by atoms with E-state index in [2.05, 4.69) is 9.97 Å². The van der Waals surface area contributed by atoms with E-state index in [0.29, 0.717) is 25.4 Å². The van der Waals surface area contributed by atoms with Gasteiger partial charge in [-0.25, -0.2) is 0 Å². The summed E-state index contributed by atoms with van der Waals surface area (Å²) >= 11 is 0. The molecule has 0 N–H and O–H groups in total. The van der Waals surface area contributed by atoms with Crippen LogP contribution in [0.2, 0.25) is 0 Å². The van der Waals surface area contributed by atoms with Gasteiger partial charge in [0.15, 0.2) is 0 Å². The van der Waals surface area contributed by atoms with Crippen molar-refractivity contribution >= 4 is 11.8 Å². The monoisotopic (exact) mass is 336 g/mol. The molecule has 6 nitrogen and oxygen atoms in total. The SMILES string of the molecule is O=C1CC(C(=O)N2CC(c3ccncc3)C2)CN1Cc1cccnc1. The van der Waals surface area contributed by atoms with Crippen LogP contribution in [0.15, 0.2) is 49.1 Å². The van der Waals surface area contributed by atoms with E-state index >= 15 is 0 Å². The van der Waals surface area contributed by atoms with E-state index in [1.54, 1.807) is 29.7 Å². The number of rotatable bonds is 4. The van der Waals surface area contributed by atoms with Crippen LogP contribution in [-0.2, 0) is 16.1 Å². The third kappa shape index (κ3) is 3.24. The van der Waals surface area contributed by atoms with Gasteiger partial charge in [0.2, 0.25) is 11.8 Å². The third-order valence-electron chi connectivity index (χ3n) is 5.03. The molecule has 6 heteroatoms. The summed E-state index contributed by atoms with van der Waals surface area (Å²) in [7, 11) is 0. The predicted molar refractivity (Wildman–Crippen MR) is 91.3 cm³/mol. The first kappa shape index (κ1) is 15.7. The van der Waals surface area contributed by atoms with Crippen molar-refractivity contribution < 1.29 is 9.59 Å². The van der Waals surface area contributed by atoms with E-state index in [-0.39, 0.29) is 17.7 Å². The Labute approximate surface area is 146 Å². The number of aromatic nitrogens is 2. The highest BCUT2D eigenvalue weighted by Gasteiger charge is 2.40. The number of hydrogen-bond acceptors (Lipinski definition) is 4. The van der Waals surface area contributed by atoms with Crippen LogP contribution in [0.4, 0.5) is 0 Å². The minimum absolute atomic E-state index is 0.0495. The maximum Gasteiger partial charge on any atom is 0.228 e. The molecule has 4 heterocycles. The summed E-state index contributed by atoms with van der Waals surface area (Å²) in [6.45, 7) is 2.49. The molecule has 2 fully saturated rings. The lowest BCUT2D eigenvalue weighted by Gasteiger charge is -2.40. The highest BCUT2D eigenvalue weighted by Crippen LogP contribution is 2.30. The first-order valence-electron chi connectivity index (χ1n) is 8.56. The molecule has 0 spiro atoms. The molecule has 0 aliphatic carbocycles. The van der Waals surface area contributed by atoms with Crippen molar-refractivity contribution in [3.05, 3.63) is 60.2 Å². The smallest absolute Gasteiger partial charge is 0.228 e. The quantitative estimate of drug-likeness (QED) is 0.848. The van der Waals surface area contributed by atoms with Crippen LogP contribution < -0.4 is 0 Å². The molecule has 2 aromatic heterocycles. The zero-order valence-corrected chi connectivity index (χ0v) is 13.9. The number of amides is 2. The van der Waals surface area contributed by atoms with Crippen LogP contribution in [0.25, 0.3) is 0 Å². The van der Waals surface area contributed by atoms with Gasteiger partial charge in [0.25, 0.3) is 0 Å². The zero-order valence-electron chi connectivity index (χ0n) is 13.9. The van der Waals surface area contributed by atoms with Crippen LogP contribution >= 0.6 is 0 Å². The van der Waals surface area contributed by atoms with E-state index in [1.807, 2.05) is 29.2 Å². The molecule has 1 atom stereocenters. The van der Waals surface area contributed by atoms with Crippen LogP contribution in [-0.4, -0.2) is 51.2 Å². The van der Waals surface area contributed by atoms with Gasteiger partial charge in [0, 0.05) is 63.3 Å². The van der Waals surface area contributed by atoms with Crippen molar-refractivity contribution in [1.82, 2.24) is 19.8 Å². The molecule has 0 radical (unpaired) electrons. The van der Waals surface area contributed by atoms with Crippen LogP contribution in [0.3, 0.4) is 0 Å². The van der Waals surface area contributed by atoms with Gasteiger partial charge in [-0.15, -0.1) is 0 Å². The number of pyridine rings is 2. The van der Waals surface area contributed by atoms with Gasteiger partial charge >= 0.3 is 0 Å². The second-order valence-corrected chi connectivity index (χ2v) is 6.76. The van der Waals surface area contributed by atoms with Gasteiger partial charge in [-0.3, -0.25) is 19.6 Å². The minimum Gasteiger partial charge on any atom is -0.341 e. The molecule has 2 amide bonds. The molecule has 2 aromatic rings. The van der Waals surface area contributed by atoms with Gasteiger partial charge < -0.3 is 9.80 Å². The molecule has 4 rings (SSSR count). The second kappa shape index (κ2) is 6.63. The summed E-state index contributed by atoms with van der Waals surface area (Å²) in [5.41, 5.74) is 2.21. The fourth-order valence-electron chi connectivity index (χ4n) is 3.57. The summed E-state index contributed by atoms with van der Waals surface area (Å²) in [6, 6.07) is 7.81. The lowest BCUT2D eigenvalue weighted by molar-refractivity contribution is -0.140. The maximum atomic E-state index is 12.7. The highest BCUT2D eigenvalue weighted by molar-refractivity contribution is 5.89. The van der Waals surface area contributed by atoms with Crippen molar-refractivity contribution in [2.45, 2.75) is 18.9 Å². The molecular weight excluding hydrogens is 316 g/mol. The number of hydrogen-bond donors (Lipinski definition) is 0. The Bertz CT molecular complexity index is 760. The van der Waals surface area contributed by atoms with Crippen molar-refractivity contribution in [3.8, 4) is 0 Å². The number of carbonyl (C=O) groups is 2. The fourth-order valence-corrected chi connectivity index (χ4v) is 3.57. The van der Waals surface area contributed by atoms with E-state index in [9.17, 15) is 9.59 Å². The first-order valence-corrected chi connectivity index (χ1v) is 8.56. The van der Waals surface area contributed by atoms with Gasteiger partial charge in [-0.1, -0.05) is 6.07 Å². The number of likely N-dealkylation sites (tertiary alicyclic amines) is 2. The third-order valence-corrected chi connectivity index (χ3v) is 5.03. The number of nitrogens with zero attached hydrogens (tertiary/aromatic N) is 4. The zero-order chi connectivity index (χ0) is 17.2. The topological polar surface area (TPSA) is 66.4 Å². The molecule has 1 unspecified atom stereocenters. The average molecular weight is 336 g/mol. The normalized spacial score (nSPS) is 20.6. The van der Waals surface area contributed by atoms with Crippen molar-refractivity contribution in [2.75, 3.05) is 19.6 Å². The van der Waals surface area contributed by atoms with Crippen LogP contribution in [0, 0.1) is 5.92 Å². The summed E-state index contributed by atoms with van der Waals surface area (Å²) in [6.07, 6.45) is 7.36. The van der Waals surface area contributed by atoms with E-state index < -0.39 is 0 Å². The summed E-state index contributed by atoms with van der Waals surface area (Å²) < 4.78 is 0. The minimum atomic E-state index is -0.220. The fraction of sp³-hybridized carbons (Fsp3) is 0.368. The average Bonchev–Trinajstić information content (AvgIpc) is 2.96. The van der Waals surface area contributed by atoms with Crippen molar-refractivity contribution in [2.24, 2.45) is 5.92 Å². The number of carbonyl (C=O) groups excluding carboxylic acids is 2. The van der Waals surface area contributed by atoms with E-state index in [0.717, 1.165) is 18.7 Å². The Morgan fingerprint density at radius 1 is 1.08 bits per heavy atom. The molecule has 0 aromatic carbocycles. The molecule has 2 aliphatic heterocycles. The molecule has 2 saturated heterocycles. The molecule has 2 aliphatic rings. The van der Waals surface area contributed by atoms with Crippen LogP contribution in [0.1, 0.15) is 23.5 Å². The Balaban J connectivity index is 1.33. The molecular formula is C19H20N4O2. The summed E-state index contributed by atoms with van der Waals surface area (Å²) in [4.78, 5) is 36.6. The van der Waals surface area contributed by atoms with Gasteiger partial charge in [0.05, 0.1) is 5.92 Å². The first-order chi connectivity index (χ1) is 12.2. The molecule has 0 saturated carbocycles. The largest absolute Gasteiger partial charge is 0.341 e. The van der Waals surface area contributed by atoms with Gasteiger partial charge in [0.1, 0.15) is 0 Å². The standard InChI is InChI=1S/C19H20N4O2/c24-18-8-16(11-22(18)10-14-2-1-5-21-9-14)19(25)23-12-17(13-23)15-3-6-20-7-4-15/h1-7,9,16-17H,8,10-13H2. The lowest BCUT2D eigenvalue weighted by atomic mass is 9.90. The predicted octanol–water partition coefficient (Wildman–Crippen LogP) is 1.45. The summed E-state index contributed by atoms with van der Waals surface area (Å²) in [5.74, 6) is 0.318. The molecule has 128 valence electrons.